The van der Waals surface area contributed by atoms with Gasteiger partial charge in [-0.25, -0.2) is 0 Å². The normalized spacial score (nSPS) is 12.0. The van der Waals surface area contributed by atoms with Crippen LogP contribution in [0.15, 0.2) is 0 Å². The van der Waals surface area contributed by atoms with Crippen LogP contribution in [0, 0.1) is 0 Å². The van der Waals surface area contributed by atoms with Gasteiger partial charge in [0.1, 0.15) is 0 Å². The van der Waals surface area contributed by atoms with E-state index in [1.165, 1.54) is 0 Å². The summed E-state index contributed by atoms with van der Waals surface area (Å²) >= 11 is 0. The topological polar surface area (TPSA) is 9.23 Å². The Labute approximate surface area is 56.6 Å². The second kappa shape index (κ2) is 4.37. The van der Waals surface area contributed by atoms with Crippen LogP contribution >= 0.6 is 0 Å². The molecule has 0 unspecified atom stereocenters. The first-order valence-electron chi connectivity index (χ1n) is 1.95. The maximum Gasteiger partial charge on any atom is 0.487 e. The van der Waals surface area contributed by atoms with Gasteiger partial charge in [0.05, 0.1) is 7.11 Å². The van der Waals surface area contributed by atoms with Crippen molar-refractivity contribution in [2.24, 2.45) is 0 Å². The van der Waals surface area contributed by atoms with Crippen LogP contribution in [0.3, 0.4) is 0 Å². The van der Waals surface area contributed by atoms with Crippen molar-refractivity contribution in [2.75, 3.05) is 7.11 Å². The van der Waals surface area contributed by atoms with E-state index in [-0.39, 0.29) is 0 Å². The number of halogens is 7. The van der Waals surface area contributed by atoms with Crippen LogP contribution in [0.5, 0.6) is 0 Å². The lowest BCUT2D eigenvalue weighted by Crippen LogP contribution is -2.30. The third-order valence-corrected chi connectivity index (χ3v) is 0.321. The first-order chi connectivity index (χ1) is 4.66. The highest BCUT2D eigenvalue weighted by atomic mass is 19.5. The number of hydrogen-bond acceptors (Lipinski definition) is 1. The minimum Gasteiger partial charge on any atom is -0.198 e. The highest BCUT2D eigenvalue weighted by Crippen LogP contribution is 2.35. The summed E-state index contributed by atoms with van der Waals surface area (Å²) < 4.78 is 72.4. The van der Waals surface area contributed by atoms with Gasteiger partial charge in [0.15, 0.2) is 0 Å². The quantitative estimate of drug-likeness (QED) is 0.531. The molecule has 0 aliphatic heterocycles. The average molecular weight is 188 g/mol. The molecule has 0 amide bonds. The summed E-state index contributed by atoms with van der Waals surface area (Å²) in [5.41, 5.74) is 0. The van der Waals surface area contributed by atoms with E-state index in [1.54, 1.807) is 0 Å². The fourth-order valence-electron chi connectivity index (χ4n) is 0. The Morgan fingerprint density at radius 3 is 0.909 bits per heavy atom. The molecule has 0 aliphatic carbocycles. The lowest BCUT2D eigenvalue weighted by molar-refractivity contribution is -0.339. The molecular weight excluding hydrogens is 185 g/mol. The summed E-state index contributed by atoms with van der Waals surface area (Å²) in [6.45, 7) is 0. The molecule has 0 aliphatic rings. The Bertz CT molecular complexity index is 78.8. The molecule has 8 heteroatoms. The van der Waals surface area contributed by atoms with Crippen LogP contribution in [0.1, 0.15) is 0 Å². The predicted octanol–water partition coefficient (Wildman–Crippen LogP) is 2.63. The van der Waals surface area contributed by atoms with E-state index in [9.17, 15) is 30.9 Å². The van der Waals surface area contributed by atoms with Gasteiger partial charge in [-0.05, 0) is 4.53 Å². The first kappa shape index (κ1) is 13.1. The Morgan fingerprint density at radius 2 is 0.909 bits per heavy atom. The number of alkyl halides is 6. The lowest BCUT2D eigenvalue weighted by atomic mass is 10.7. The van der Waals surface area contributed by atoms with Gasteiger partial charge < -0.3 is 0 Å². The Kier molecular flexibility index (Phi) is 5.20. The molecule has 11 heavy (non-hydrogen) atoms. The van der Waals surface area contributed by atoms with Gasteiger partial charge in [-0.15, -0.1) is 0 Å². The average Bonchev–Trinajstić information content (AvgIpc) is 1.60. The van der Waals surface area contributed by atoms with Gasteiger partial charge >= 0.3 is 12.4 Å². The minimum atomic E-state index is -6.06. The minimum absolute atomic E-state index is 0.958. The third kappa shape index (κ3) is 7.37. The second-order valence-corrected chi connectivity index (χ2v) is 1.15. The van der Waals surface area contributed by atoms with Gasteiger partial charge in [0.25, 0.3) is 0 Å². The van der Waals surface area contributed by atoms with Crippen LogP contribution in [-0.4, -0.2) is 19.5 Å². The zero-order valence-electron chi connectivity index (χ0n) is 5.05. The van der Waals surface area contributed by atoms with Crippen molar-refractivity contribution in [3.05, 3.63) is 0 Å². The summed E-state index contributed by atoms with van der Waals surface area (Å²) in [7, 11) is 0.958. The summed E-state index contributed by atoms with van der Waals surface area (Å²) in [6, 6.07) is 0. The smallest absolute Gasteiger partial charge is 0.198 e. The van der Waals surface area contributed by atoms with E-state index in [0.29, 0.717) is 0 Å². The maximum absolute atomic E-state index is 10.4. The second-order valence-electron chi connectivity index (χ2n) is 1.15. The van der Waals surface area contributed by atoms with Gasteiger partial charge in [0, 0.05) is 0 Å². The molecule has 0 rings (SSSR count). The molecule has 0 aromatic carbocycles. The number of hydrogen-bond donors (Lipinski definition) is 0. The third-order valence-electron chi connectivity index (χ3n) is 0.321. The molecule has 0 fully saturated rings. The number of rotatable bonds is 0. The largest absolute Gasteiger partial charge is 0.487 e. The molecule has 0 spiro atoms. The van der Waals surface area contributed by atoms with Gasteiger partial charge in [-0.1, -0.05) is 0 Å². The van der Waals surface area contributed by atoms with Crippen LogP contribution in [0.2, 0.25) is 0 Å². The Morgan fingerprint density at radius 1 is 0.818 bits per heavy atom. The van der Waals surface area contributed by atoms with E-state index in [0.717, 1.165) is 7.11 Å². The molecule has 0 bridgehead atoms. The van der Waals surface area contributed by atoms with E-state index in [4.69, 9.17) is 0 Å². The van der Waals surface area contributed by atoms with Crippen molar-refractivity contribution < 1.29 is 35.8 Å². The van der Waals surface area contributed by atoms with Crippen molar-refractivity contribution in [1.82, 2.24) is 0 Å². The maximum atomic E-state index is 10.4. The molecule has 0 atom stereocenters. The monoisotopic (exact) mass is 188 g/mol. The Balaban J connectivity index is 0. The standard InChI is InChI=1S/C2F6.CH3FO/c3-1(4,5)2(6,7)8;1-3-2/h;1H3. The Hall–Kier alpha value is -0.530. The van der Waals surface area contributed by atoms with Crippen LogP contribution in [-0.2, 0) is 4.94 Å². The van der Waals surface area contributed by atoms with Gasteiger partial charge in [-0.3, -0.25) is 0 Å². The van der Waals surface area contributed by atoms with Crippen molar-refractivity contribution in [3.63, 3.8) is 0 Å². The van der Waals surface area contributed by atoms with Crippen molar-refractivity contribution >= 4 is 0 Å². The fraction of sp³-hybridized carbons (Fsp3) is 1.00. The molecule has 0 radical (unpaired) electrons. The lowest BCUT2D eigenvalue weighted by Gasteiger charge is -2.08. The summed E-state index contributed by atoms with van der Waals surface area (Å²) in [6.07, 6.45) is -12.1. The summed E-state index contributed by atoms with van der Waals surface area (Å²) in [5, 5.41) is 0. The highest BCUT2D eigenvalue weighted by Gasteiger charge is 2.58. The van der Waals surface area contributed by atoms with E-state index in [2.05, 4.69) is 4.94 Å². The molecular formula is C3H3F7O. The fourth-order valence-corrected chi connectivity index (χ4v) is 0. The van der Waals surface area contributed by atoms with E-state index >= 15 is 0 Å². The van der Waals surface area contributed by atoms with Crippen LogP contribution in [0.25, 0.3) is 0 Å². The zero-order valence-corrected chi connectivity index (χ0v) is 5.05. The first-order valence-corrected chi connectivity index (χ1v) is 1.95. The SMILES string of the molecule is COF.FC(F)(F)C(F)(F)F. The highest BCUT2D eigenvalue weighted by molar-refractivity contribution is 4.59. The van der Waals surface area contributed by atoms with Crippen molar-refractivity contribution in [3.8, 4) is 0 Å². The molecule has 70 valence electrons. The molecule has 0 heterocycles. The zero-order chi connectivity index (χ0) is 9.71. The summed E-state index contributed by atoms with van der Waals surface area (Å²) in [4.78, 5) is 2.75. The van der Waals surface area contributed by atoms with Crippen LogP contribution < -0.4 is 0 Å². The van der Waals surface area contributed by atoms with Crippen molar-refractivity contribution in [2.45, 2.75) is 12.4 Å². The van der Waals surface area contributed by atoms with Gasteiger partial charge in [-0.2, -0.15) is 31.3 Å². The van der Waals surface area contributed by atoms with Crippen LogP contribution in [0.4, 0.5) is 30.9 Å². The van der Waals surface area contributed by atoms with E-state index in [1.807, 2.05) is 0 Å². The molecule has 1 nitrogen and oxygen atoms in total. The van der Waals surface area contributed by atoms with E-state index < -0.39 is 12.4 Å². The summed E-state index contributed by atoms with van der Waals surface area (Å²) in [5.74, 6) is 0. The molecule has 0 aromatic rings. The molecule has 0 aromatic heterocycles. The molecule has 0 N–H and O–H groups in total. The van der Waals surface area contributed by atoms with Crippen molar-refractivity contribution in [1.29, 1.82) is 0 Å². The predicted molar refractivity (Wildman–Crippen MR) is 20.2 cm³/mol. The van der Waals surface area contributed by atoms with Gasteiger partial charge in [0.2, 0.25) is 0 Å². The molecule has 0 saturated carbocycles. The molecule has 0 saturated heterocycles.